The molecule has 0 saturated heterocycles. The minimum atomic E-state index is 0.422. The van der Waals surface area contributed by atoms with Crippen molar-refractivity contribution < 1.29 is 4.74 Å². The Balaban J connectivity index is 2.65. The van der Waals surface area contributed by atoms with Gasteiger partial charge in [-0.2, -0.15) is 0 Å². The van der Waals surface area contributed by atoms with Gasteiger partial charge in [-0.15, -0.1) is 0 Å². The van der Waals surface area contributed by atoms with Crippen molar-refractivity contribution in [2.24, 2.45) is 5.92 Å². The van der Waals surface area contributed by atoms with Crippen LogP contribution in [0.15, 0.2) is 24.3 Å². The predicted molar refractivity (Wildman–Crippen MR) is 73.3 cm³/mol. The van der Waals surface area contributed by atoms with Crippen molar-refractivity contribution in [1.82, 2.24) is 5.32 Å². The summed E-state index contributed by atoms with van der Waals surface area (Å²) in [6.45, 7) is 5.24. The Morgan fingerprint density at radius 2 is 1.88 bits per heavy atom. The average Bonchev–Trinajstić information content (AvgIpc) is 2.36. The molecule has 0 fully saturated rings. The highest BCUT2D eigenvalue weighted by molar-refractivity contribution is 5.25. The molecule has 2 atom stereocenters. The molecule has 0 heterocycles. The zero-order valence-electron chi connectivity index (χ0n) is 11.5. The Bertz CT molecular complexity index is 307. The van der Waals surface area contributed by atoms with Gasteiger partial charge in [0.15, 0.2) is 0 Å². The molecule has 1 aromatic rings. The Hall–Kier alpha value is -0.860. The standard InChI is InChI=1S/C15H25NO/c1-5-13-6-8-14(9-7-13)15(16-3)10-12(2)11-17-4/h6-9,12,15-16H,5,10-11H2,1-4H3. The molecule has 2 unspecified atom stereocenters. The Labute approximate surface area is 105 Å². The van der Waals surface area contributed by atoms with Gasteiger partial charge < -0.3 is 10.1 Å². The van der Waals surface area contributed by atoms with Gasteiger partial charge in [-0.3, -0.25) is 0 Å². The number of methoxy groups -OCH3 is 1. The van der Waals surface area contributed by atoms with Crippen molar-refractivity contribution in [3.63, 3.8) is 0 Å². The molecule has 0 aliphatic heterocycles. The summed E-state index contributed by atoms with van der Waals surface area (Å²) in [5.41, 5.74) is 2.76. The number of hydrogen-bond acceptors (Lipinski definition) is 2. The molecule has 2 nitrogen and oxygen atoms in total. The van der Waals surface area contributed by atoms with Crippen LogP contribution < -0.4 is 5.32 Å². The van der Waals surface area contributed by atoms with Crippen LogP contribution in [-0.4, -0.2) is 20.8 Å². The van der Waals surface area contributed by atoms with Crippen molar-refractivity contribution in [1.29, 1.82) is 0 Å². The summed E-state index contributed by atoms with van der Waals surface area (Å²) in [6, 6.07) is 9.34. The normalized spacial score (nSPS) is 14.6. The first-order valence-electron chi connectivity index (χ1n) is 6.46. The zero-order valence-corrected chi connectivity index (χ0v) is 11.5. The summed E-state index contributed by atoms with van der Waals surface area (Å²) in [4.78, 5) is 0. The number of hydrogen-bond donors (Lipinski definition) is 1. The maximum absolute atomic E-state index is 5.19. The largest absolute Gasteiger partial charge is 0.384 e. The summed E-state index contributed by atoms with van der Waals surface area (Å²) in [5.74, 6) is 0.573. The van der Waals surface area contributed by atoms with E-state index in [1.165, 1.54) is 11.1 Å². The number of rotatable bonds is 7. The highest BCUT2D eigenvalue weighted by atomic mass is 16.5. The molecule has 0 spiro atoms. The van der Waals surface area contributed by atoms with E-state index in [0.29, 0.717) is 12.0 Å². The molecule has 1 N–H and O–H groups in total. The molecule has 0 amide bonds. The molecule has 1 aromatic carbocycles. The molecular formula is C15H25NO. The maximum Gasteiger partial charge on any atom is 0.0488 e. The molecule has 17 heavy (non-hydrogen) atoms. The Morgan fingerprint density at radius 3 is 2.35 bits per heavy atom. The van der Waals surface area contributed by atoms with Crippen LogP contribution in [-0.2, 0) is 11.2 Å². The molecule has 0 saturated carbocycles. The number of ether oxygens (including phenoxy) is 1. The second-order valence-electron chi connectivity index (χ2n) is 4.73. The number of nitrogens with one attached hydrogen (secondary N) is 1. The van der Waals surface area contributed by atoms with Crippen LogP contribution in [0.5, 0.6) is 0 Å². The van der Waals surface area contributed by atoms with Crippen molar-refractivity contribution in [3.8, 4) is 0 Å². The predicted octanol–water partition coefficient (Wildman–Crippen LogP) is 3.18. The third-order valence-electron chi connectivity index (χ3n) is 3.23. The molecule has 0 bridgehead atoms. The number of benzene rings is 1. The van der Waals surface area contributed by atoms with E-state index in [1.54, 1.807) is 7.11 Å². The van der Waals surface area contributed by atoms with Gasteiger partial charge in [0.1, 0.15) is 0 Å². The van der Waals surface area contributed by atoms with E-state index in [9.17, 15) is 0 Å². The third-order valence-corrected chi connectivity index (χ3v) is 3.23. The van der Waals surface area contributed by atoms with Crippen LogP contribution in [0.4, 0.5) is 0 Å². The smallest absolute Gasteiger partial charge is 0.0488 e. The van der Waals surface area contributed by atoms with E-state index in [2.05, 4.69) is 43.4 Å². The minimum absolute atomic E-state index is 0.422. The van der Waals surface area contributed by atoms with Gasteiger partial charge in [-0.05, 0) is 36.9 Å². The van der Waals surface area contributed by atoms with Crippen LogP contribution in [0.2, 0.25) is 0 Å². The van der Waals surface area contributed by atoms with Gasteiger partial charge in [0.2, 0.25) is 0 Å². The molecule has 0 aromatic heterocycles. The summed E-state index contributed by atoms with van der Waals surface area (Å²) < 4.78 is 5.19. The Morgan fingerprint density at radius 1 is 1.24 bits per heavy atom. The highest BCUT2D eigenvalue weighted by Gasteiger charge is 2.13. The zero-order chi connectivity index (χ0) is 12.7. The SMILES string of the molecule is CCc1ccc(C(CC(C)COC)NC)cc1. The fourth-order valence-electron chi connectivity index (χ4n) is 2.16. The van der Waals surface area contributed by atoms with Gasteiger partial charge in [-0.1, -0.05) is 38.1 Å². The van der Waals surface area contributed by atoms with Crippen molar-refractivity contribution in [2.75, 3.05) is 20.8 Å². The first kappa shape index (κ1) is 14.2. The maximum atomic E-state index is 5.19. The van der Waals surface area contributed by atoms with E-state index in [-0.39, 0.29) is 0 Å². The van der Waals surface area contributed by atoms with Crippen molar-refractivity contribution >= 4 is 0 Å². The molecule has 0 aliphatic rings. The van der Waals surface area contributed by atoms with E-state index >= 15 is 0 Å². The van der Waals surface area contributed by atoms with E-state index < -0.39 is 0 Å². The Kier molecular flexibility index (Phi) is 6.23. The molecule has 0 radical (unpaired) electrons. The fraction of sp³-hybridized carbons (Fsp3) is 0.600. The quantitative estimate of drug-likeness (QED) is 0.783. The van der Waals surface area contributed by atoms with Crippen LogP contribution in [0.1, 0.15) is 37.4 Å². The summed E-state index contributed by atoms with van der Waals surface area (Å²) >= 11 is 0. The topological polar surface area (TPSA) is 21.3 Å². The van der Waals surface area contributed by atoms with Gasteiger partial charge in [0, 0.05) is 19.8 Å². The molecular weight excluding hydrogens is 210 g/mol. The summed E-state index contributed by atoms with van der Waals surface area (Å²) in [5, 5.41) is 3.39. The van der Waals surface area contributed by atoms with Gasteiger partial charge >= 0.3 is 0 Å². The van der Waals surface area contributed by atoms with Crippen LogP contribution in [0.3, 0.4) is 0 Å². The lowest BCUT2D eigenvalue weighted by molar-refractivity contribution is 0.150. The van der Waals surface area contributed by atoms with Gasteiger partial charge in [-0.25, -0.2) is 0 Å². The van der Waals surface area contributed by atoms with Crippen LogP contribution in [0, 0.1) is 5.92 Å². The van der Waals surface area contributed by atoms with Gasteiger partial charge in [0.25, 0.3) is 0 Å². The molecule has 2 heteroatoms. The fourth-order valence-corrected chi connectivity index (χ4v) is 2.16. The van der Waals surface area contributed by atoms with Crippen molar-refractivity contribution in [3.05, 3.63) is 35.4 Å². The van der Waals surface area contributed by atoms with E-state index in [1.807, 2.05) is 7.05 Å². The van der Waals surface area contributed by atoms with E-state index in [0.717, 1.165) is 19.4 Å². The van der Waals surface area contributed by atoms with E-state index in [4.69, 9.17) is 4.74 Å². The summed E-state index contributed by atoms with van der Waals surface area (Å²) in [6.07, 6.45) is 2.21. The first-order valence-corrected chi connectivity index (χ1v) is 6.46. The van der Waals surface area contributed by atoms with Crippen LogP contribution in [0.25, 0.3) is 0 Å². The first-order chi connectivity index (χ1) is 8.21. The lowest BCUT2D eigenvalue weighted by atomic mass is 9.95. The molecule has 1 rings (SSSR count). The monoisotopic (exact) mass is 235 g/mol. The highest BCUT2D eigenvalue weighted by Crippen LogP contribution is 2.21. The second-order valence-corrected chi connectivity index (χ2v) is 4.73. The molecule has 96 valence electrons. The van der Waals surface area contributed by atoms with Crippen LogP contribution >= 0.6 is 0 Å². The number of aryl methyl sites for hydroxylation is 1. The lowest BCUT2D eigenvalue weighted by Gasteiger charge is -2.20. The second kappa shape index (κ2) is 7.46. The lowest BCUT2D eigenvalue weighted by Crippen LogP contribution is -2.20. The minimum Gasteiger partial charge on any atom is -0.384 e. The third kappa shape index (κ3) is 4.49. The van der Waals surface area contributed by atoms with Crippen molar-refractivity contribution in [2.45, 2.75) is 32.7 Å². The average molecular weight is 235 g/mol. The molecule has 0 aliphatic carbocycles. The van der Waals surface area contributed by atoms with Gasteiger partial charge in [0.05, 0.1) is 0 Å². The summed E-state index contributed by atoms with van der Waals surface area (Å²) in [7, 11) is 3.79.